The third-order valence-corrected chi connectivity index (χ3v) is 4.66. The largest absolute Gasteiger partial charge is 0.399 e. The molecule has 0 unspecified atom stereocenters. The van der Waals surface area contributed by atoms with Gasteiger partial charge in [0.1, 0.15) is 0 Å². The van der Waals surface area contributed by atoms with Crippen molar-refractivity contribution in [3.05, 3.63) is 65.2 Å². The fourth-order valence-corrected chi connectivity index (χ4v) is 3.16. The molecule has 1 fully saturated rings. The lowest BCUT2D eigenvalue weighted by Gasteiger charge is -2.30. The minimum atomic E-state index is -0.163. The summed E-state index contributed by atoms with van der Waals surface area (Å²) in [5, 5.41) is 12.6. The molecule has 1 saturated heterocycles. The van der Waals surface area contributed by atoms with Crippen LogP contribution in [0.15, 0.2) is 48.5 Å². The van der Waals surface area contributed by atoms with E-state index < -0.39 is 0 Å². The van der Waals surface area contributed by atoms with Crippen molar-refractivity contribution in [2.24, 2.45) is 0 Å². The zero-order chi connectivity index (χ0) is 17.6. The van der Waals surface area contributed by atoms with Crippen molar-refractivity contribution in [2.45, 2.75) is 32.0 Å². The van der Waals surface area contributed by atoms with Gasteiger partial charge < -0.3 is 16.2 Å². The topological polar surface area (TPSA) is 78.6 Å². The molecule has 148 valence electrons. The summed E-state index contributed by atoms with van der Waals surface area (Å²) in [6.07, 6.45) is 1.49. The summed E-state index contributed by atoms with van der Waals surface area (Å²) in [5.41, 5.74) is 9.22. The minimum Gasteiger partial charge on any atom is -0.399 e. The fourth-order valence-electron chi connectivity index (χ4n) is 3.16. The molecule has 5 nitrogen and oxygen atoms in total. The standard InChI is InChI=1S/C20H25N3O2.2ClH/c21-18-7-3-6-15(12-18)20(25)22-13-16-4-1-2-5-17(16)14-23-10-8-19(24)9-11-23;;/h1-7,12,19,24H,8-11,13-14,21H2,(H,22,25);2*1H. The van der Waals surface area contributed by atoms with Crippen molar-refractivity contribution < 1.29 is 9.90 Å². The molecule has 2 aromatic rings. The normalized spacial score (nSPS) is 14.7. The van der Waals surface area contributed by atoms with Gasteiger partial charge in [0.15, 0.2) is 0 Å². The molecular formula is C20H27Cl2N3O2. The Balaban J connectivity index is 0.00000182. The minimum absolute atomic E-state index is 0. The van der Waals surface area contributed by atoms with Crippen LogP contribution in [0.2, 0.25) is 0 Å². The number of hydrogen-bond donors (Lipinski definition) is 3. The fraction of sp³-hybridized carbons (Fsp3) is 0.350. The van der Waals surface area contributed by atoms with E-state index in [-0.39, 0.29) is 36.8 Å². The maximum absolute atomic E-state index is 12.3. The molecule has 0 aliphatic carbocycles. The number of anilines is 1. The average Bonchev–Trinajstić information content (AvgIpc) is 2.62. The monoisotopic (exact) mass is 411 g/mol. The molecule has 1 heterocycles. The number of nitrogens with zero attached hydrogens (tertiary/aromatic N) is 1. The Morgan fingerprint density at radius 1 is 1.07 bits per heavy atom. The highest BCUT2D eigenvalue weighted by Crippen LogP contribution is 2.17. The van der Waals surface area contributed by atoms with E-state index in [0.717, 1.165) is 38.0 Å². The van der Waals surface area contributed by atoms with Gasteiger partial charge in [0.05, 0.1) is 6.10 Å². The lowest BCUT2D eigenvalue weighted by atomic mass is 10.0. The van der Waals surface area contributed by atoms with Crippen LogP contribution in [0.3, 0.4) is 0 Å². The second-order valence-electron chi connectivity index (χ2n) is 6.58. The number of carbonyl (C=O) groups is 1. The van der Waals surface area contributed by atoms with Crippen LogP contribution in [0.1, 0.15) is 34.3 Å². The van der Waals surface area contributed by atoms with E-state index >= 15 is 0 Å². The number of aliphatic hydroxyl groups is 1. The first-order valence-corrected chi connectivity index (χ1v) is 8.73. The number of amides is 1. The molecule has 7 heteroatoms. The van der Waals surface area contributed by atoms with Crippen molar-refractivity contribution in [1.82, 2.24) is 10.2 Å². The van der Waals surface area contributed by atoms with Gasteiger partial charge in [-0.25, -0.2) is 0 Å². The molecular weight excluding hydrogens is 385 g/mol. The number of carbonyl (C=O) groups excluding carboxylic acids is 1. The van der Waals surface area contributed by atoms with Crippen LogP contribution in [0.4, 0.5) is 5.69 Å². The Kier molecular flexibility index (Phi) is 9.60. The summed E-state index contributed by atoms with van der Waals surface area (Å²) in [6, 6.07) is 15.2. The van der Waals surface area contributed by atoms with E-state index in [4.69, 9.17) is 5.73 Å². The van der Waals surface area contributed by atoms with Gasteiger partial charge in [0.25, 0.3) is 5.91 Å². The Morgan fingerprint density at radius 2 is 1.74 bits per heavy atom. The van der Waals surface area contributed by atoms with E-state index in [1.54, 1.807) is 24.3 Å². The lowest BCUT2D eigenvalue weighted by Crippen LogP contribution is -2.35. The molecule has 0 bridgehead atoms. The average molecular weight is 412 g/mol. The number of likely N-dealkylation sites (tertiary alicyclic amines) is 1. The lowest BCUT2D eigenvalue weighted by molar-refractivity contribution is 0.0790. The summed E-state index contributed by atoms with van der Waals surface area (Å²) in [7, 11) is 0. The molecule has 4 N–H and O–H groups in total. The second-order valence-corrected chi connectivity index (χ2v) is 6.58. The first kappa shape index (κ1) is 23.2. The van der Waals surface area contributed by atoms with E-state index in [2.05, 4.69) is 16.3 Å². The van der Waals surface area contributed by atoms with E-state index in [1.165, 1.54) is 5.56 Å². The number of aliphatic hydroxyl groups excluding tert-OH is 1. The van der Waals surface area contributed by atoms with E-state index in [1.807, 2.05) is 18.2 Å². The number of piperidine rings is 1. The van der Waals surface area contributed by atoms with Crippen molar-refractivity contribution in [2.75, 3.05) is 18.8 Å². The highest BCUT2D eigenvalue weighted by molar-refractivity contribution is 5.94. The number of halogens is 2. The summed E-state index contributed by atoms with van der Waals surface area (Å²) in [4.78, 5) is 14.7. The first-order chi connectivity index (χ1) is 12.1. The van der Waals surface area contributed by atoms with Crippen LogP contribution in [0.25, 0.3) is 0 Å². The summed E-state index contributed by atoms with van der Waals surface area (Å²) in [5.74, 6) is -0.122. The maximum Gasteiger partial charge on any atom is 0.251 e. The van der Waals surface area contributed by atoms with Crippen LogP contribution >= 0.6 is 24.8 Å². The number of nitrogen functional groups attached to an aromatic ring is 1. The molecule has 0 radical (unpaired) electrons. The Morgan fingerprint density at radius 3 is 2.41 bits per heavy atom. The maximum atomic E-state index is 12.3. The van der Waals surface area contributed by atoms with Gasteiger partial charge in [-0.2, -0.15) is 0 Å². The predicted octanol–water partition coefficient (Wildman–Crippen LogP) is 3.00. The van der Waals surface area contributed by atoms with Gasteiger partial charge in [-0.3, -0.25) is 9.69 Å². The SMILES string of the molecule is Cl.Cl.Nc1cccc(C(=O)NCc2ccccc2CN2CCC(O)CC2)c1. The van der Waals surface area contributed by atoms with Gasteiger partial charge in [0, 0.05) is 37.4 Å². The molecule has 1 aliphatic heterocycles. The predicted molar refractivity (Wildman–Crippen MR) is 113 cm³/mol. The van der Waals surface area contributed by atoms with Gasteiger partial charge in [-0.1, -0.05) is 30.3 Å². The number of benzene rings is 2. The van der Waals surface area contributed by atoms with Crippen LogP contribution < -0.4 is 11.1 Å². The molecule has 1 aliphatic rings. The number of rotatable bonds is 5. The Bertz CT molecular complexity index is 735. The zero-order valence-electron chi connectivity index (χ0n) is 15.1. The third kappa shape index (κ3) is 6.70. The summed E-state index contributed by atoms with van der Waals surface area (Å²) in [6.45, 7) is 3.15. The molecule has 0 spiro atoms. The number of nitrogens with one attached hydrogen (secondary N) is 1. The molecule has 27 heavy (non-hydrogen) atoms. The first-order valence-electron chi connectivity index (χ1n) is 8.73. The number of hydrogen-bond acceptors (Lipinski definition) is 4. The summed E-state index contributed by atoms with van der Waals surface area (Å²) < 4.78 is 0. The van der Waals surface area contributed by atoms with Gasteiger partial charge >= 0.3 is 0 Å². The van der Waals surface area contributed by atoms with E-state index in [0.29, 0.717) is 17.8 Å². The second kappa shape index (κ2) is 11.1. The quantitative estimate of drug-likeness (QED) is 0.660. The van der Waals surface area contributed by atoms with Gasteiger partial charge in [-0.05, 0) is 42.2 Å². The Hall–Kier alpha value is -1.79. The van der Waals surface area contributed by atoms with Crippen LogP contribution in [0.5, 0.6) is 0 Å². The Labute approximate surface area is 172 Å². The molecule has 2 aromatic carbocycles. The van der Waals surface area contributed by atoms with Crippen molar-refractivity contribution in [1.29, 1.82) is 0 Å². The summed E-state index contributed by atoms with van der Waals surface area (Å²) >= 11 is 0. The molecule has 1 amide bonds. The molecule has 0 aromatic heterocycles. The van der Waals surface area contributed by atoms with Crippen LogP contribution in [-0.2, 0) is 13.1 Å². The van der Waals surface area contributed by atoms with Gasteiger partial charge in [-0.15, -0.1) is 24.8 Å². The molecule has 0 saturated carbocycles. The molecule has 3 rings (SSSR count). The van der Waals surface area contributed by atoms with Crippen molar-refractivity contribution in [3.8, 4) is 0 Å². The van der Waals surface area contributed by atoms with Crippen molar-refractivity contribution >= 4 is 36.4 Å². The van der Waals surface area contributed by atoms with Crippen LogP contribution in [-0.4, -0.2) is 35.1 Å². The van der Waals surface area contributed by atoms with Gasteiger partial charge in [0.2, 0.25) is 0 Å². The smallest absolute Gasteiger partial charge is 0.251 e. The van der Waals surface area contributed by atoms with E-state index in [9.17, 15) is 9.90 Å². The molecule has 0 atom stereocenters. The zero-order valence-corrected chi connectivity index (χ0v) is 16.8. The highest BCUT2D eigenvalue weighted by Gasteiger charge is 2.18. The van der Waals surface area contributed by atoms with Crippen LogP contribution in [0, 0.1) is 0 Å². The number of nitrogens with two attached hydrogens (primary N) is 1. The highest BCUT2D eigenvalue weighted by atomic mass is 35.5. The third-order valence-electron chi connectivity index (χ3n) is 4.66. The van der Waals surface area contributed by atoms with Crippen molar-refractivity contribution in [3.63, 3.8) is 0 Å².